The fraction of sp³-hybridized carbons (Fsp3) is 0.333. The van der Waals surface area contributed by atoms with E-state index in [2.05, 4.69) is 65.3 Å². The van der Waals surface area contributed by atoms with Gasteiger partial charge in [0.15, 0.2) is 0 Å². The minimum Gasteiger partial charge on any atom is -0.329 e. The van der Waals surface area contributed by atoms with Gasteiger partial charge in [0.1, 0.15) is 18.0 Å². The first-order valence-corrected chi connectivity index (χ1v) is 6.66. The summed E-state index contributed by atoms with van der Waals surface area (Å²) >= 11 is 0. The quantitative estimate of drug-likeness (QED) is 0.661. The topological polar surface area (TPSA) is 67.1 Å². The Hall–Kier alpha value is -2.14. The monoisotopic (exact) mass is 271 g/mol. The standard InChI is InChI=1S/C15H21N5/c1-10(2)13-14(19-16)17-9-18-15(13)20(4)12-7-5-11(3)6-8-12/h5-10H,16H2,1-4H3,(H,17,18,19). The molecule has 0 saturated heterocycles. The van der Waals surface area contributed by atoms with Crippen LogP contribution in [0.5, 0.6) is 0 Å². The Bertz CT molecular complexity index is 577. The van der Waals surface area contributed by atoms with E-state index < -0.39 is 0 Å². The first-order valence-electron chi connectivity index (χ1n) is 6.66. The van der Waals surface area contributed by atoms with Crippen LogP contribution in [0.25, 0.3) is 0 Å². The number of hydrazine groups is 1. The molecule has 0 unspecified atom stereocenters. The number of aromatic nitrogens is 2. The molecule has 0 radical (unpaired) electrons. The fourth-order valence-electron chi connectivity index (χ4n) is 2.19. The lowest BCUT2D eigenvalue weighted by molar-refractivity contribution is 0.839. The van der Waals surface area contributed by atoms with Gasteiger partial charge in [0.05, 0.1) is 0 Å². The summed E-state index contributed by atoms with van der Waals surface area (Å²) < 4.78 is 0. The van der Waals surface area contributed by atoms with Crippen molar-refractivity contribution in [2.75, 3.05) is 17.4 Å². The van der Waals surface area contributed by atoms with Gasteiger partial charge in [-0.2, -0.15) is 0 Å². The summed E-state index contributed by atoms with van der Waals surface area (Å²) in [4.78, 5) is 10.7. The van der Waals surface area contributed by atoms with Crippen molar-refractivity contribution >= 4 is 17.3 Å². The van der Waals surface area contributed by atoms with Crippen molar-refractivity contribution < 1.29 is 0 Å². The molecule has 0 aliphatic rings. The minimum atomic E-state index is 0.269. The highest BCUT2D eigenvalue weighted by Crippen LogP contribution is 2.33. The van der Waals surface area contributed by atoms with Gasteiger partial charge in [0, 0.05) is 18.3 Å². The zero-order valence-electron chi connectivity index (χ0n) is 12.4. The summed E-state index contributed by atoms with van der Waals surface area (Å²) in [5.74, 6) is 7.36. The number of nitrogens with two attached hydrogens (primary N) is 1. The molecule has 20 heavy (non-hydrogen) atoms. The molecule has 106 valence electrons. The average molecular weight is 271 g/mol. The average Bonchev–Trinajstić information content (AvgIpc) is 2.46. The fourth-order valence-corrected chi connectivity index (χ4v) is 2.19. The molecule has 0 aliphatic carbocycles. The van der Waals surface area contributed by atoms with Gasteiger partial charge >= 0.3 is 0 Å². The van der Waals surface area contributed by atoms with E-state index in [1.54, 1.807) is 0 Å². The number of nitrogen functional groups attached to an aromatic ring is 1. The number of hydrogen-bond acceptors (Lipinski definition) is 5. The minimum absolute atomic E-state index is 0.269. The molecule has 0 spiro atoms. The maximum atomic E-state index is 5.56. The van der Waals surface area contributed by atoms with Gasteiger partial charge in [-0.3, -0.25) is 0 Å². The van der Waals surface area contributed by atoms with E-state index in [9.17, 15) is 0 Å². The second-order valence-electron chi connectivity index (χ2n) is 5.15. The van der Waals surface area contributed by atoms with Crippen molar-refractivity contribution in [3.63, 3.8) is 0 Å². The first kappa shape index (κ1) is 14.3. The van der Waals surface area contributed by atoms with E-state index in [1.807, 2.05) is 7.05 Å². The van der Waals surface area contributed by atoms with Crippen LogP contribution in [-0.4, -0.2) is 17.0 Å². The van der Waals surface area contributed by atoms with E-state index in [0.717, 1.165) is 17.1 Å². The van der Waals surface area contributed by atoms with Crippen LogP contribution in [0.3, 0.4) is 0 Å². The number of hydrogen-bond donors (Lipinski definition) is 2. The van der Waals surface area contributed by atoms with Crippen molar-refractivity contribution in [2.45, 2.75) is 26.7 Å². The van der Waals surface area contributed by atoms with Crippen molar-refractivity contribution in [1.82, 2.24) is 9.97 Å². The molecule has 0 saturated carbocycles. The summed E-state index contributed by atoms with van der Waals surface area (Å²) in [6.45, 7) is 6.28. The molecule has 5 heteroatoms. The van der Waals surface area contributed by atoms with E-state index >= 15 is 0 Å². The molecular weight excluding hydrogens is 250 g/mol. The third kappa shape index (κ3) is 2.72. The van der Waals surface area contributed by atoms with E-state index in [4.69, 9.17) is 5.84 Å². The number of nitrogens with one attached hydrogen (secondary N) is 1. The summed E-state index contributed by atoms with van der Waals surface area (Å²) in [5.41, 5.74) is 5.98. The van der Waals surface area contributed by atoms with Crippen LogP contribution in [0.1, 0.15) is 30.9 Å². The highest BCUT2D eigenvalue weighted by atomic mass is 15.3. The molecule has 2 rings (SSSR count). The molecule has 1 aromatic carbocycles. The predicted octanol–water partition coefficient (Wildman–Crippen LogP) is 2.96. The maximum Gasteiger partial charge on any atom is 0.148 e. The van der Waals surface area contributed by atoms with E-state index in [0.29, 0.717) is 5.82 Å². The first-order chi connectivity index (χ1) is 9.54. The molecule has 0 bridgehead atoms. The van der Waals surface area contributed by atoms with Gasteiger partial charge in [-0.05, 0) is 25.0 Å². The smallest absolute Gasteiger partial charge is 0.148 e. The largest absolute Gasteiger partial charge is 0.329 e. The Balaban J connectivity index is 2.48. The lowest BCUT2D eigenvalue weighted by Gasteiger charge is -2.24. The molecular formula is C15H21N5. The molecule has 2 aromatic rings. The van der Waals surface area contributed by atoms with Crippen molar-refractivity contribution in [1.29, 1.82) is 0 Å². The maximum absolute atomic E-state index is 5.56. The third-order valence-electron chi connectivity index (χ3n) is 3.32. The van der Waals surface area contributed by atoms with Gasteiger partial charge < -0.3 is 10.3 Å². The number of anilines is 3. The molecule has 1 heterocycles. The Morgan fingerprint density at radius 1 is 1.15 bits per heavy atom. The number of rotatable bonds is 4. The lowest BCUT2D eigenvalue weighted by atomic mass is 10.0. The van der Waals surface area contributed by atoms with Gasteiger partial charge in [0.2, 0.25) is 0 Å². The van der Waals surface area contributed by atoms with E-state index in [1.165, 1.54) is 11.9 Å². The van der Waals surface area contributed by atoms with Crippen LogP contribution in [0.4, 0.5) is 17.3 Å². The molecule has 3 N–H and O–H groups in total. The van der Waals surface area contributed by atoms with Crippen molar-refractivity contribution in [2.24, 2.45) is 5.84 Å². The van der Waals surface area contributed by atoms with Crippen molar-refractivity contribution in [3.8, 4) is 0 Å². The highest BCUT2D eigenvalue weighted by Gasteiger charge is 2.18. The van der Waals surface area contributed by atoms with E-state index in [-0.39, 0.29) is 5.92 Å². The predicted molar refractivity (Wildman–Crippen MR) is 83.2 cm³/mol. The molecule has 0 fully saturated rings. The number of nitrogens with zero attached hydrogens (tertiary/aromatic N) is 3. The zero-order valence-corrected chi connectivity index (χ0v) is 12.4. The third-order valence-corrected chi connectivity index (χ3v) is 3.32. The van der Waals surface area contributed by atoms with Crippen LogP contribution in [0.15, 0.2) is 30.6 Å². The van der Waals surface area contributed by atoms with Crippen LogP contribution in [0.2, 0.25) is 0 Å². The van der Waals surface area contributed by atoms with Crippen molar-refractivity contribution in [3.05, 3.63) is 41.7 Å². The van der Waals surface area contributed by atoms with Crippen LogP contribution >= 0.6 is 0 Å². The van der Waals surface area contributed by atoms with Crippen LogP contribution < -0.4 is 16.2 Å². The Kier molecular flexibility index (Phi) is 4.20. The van der Waals surface area contributed by atoms with Gasteiger partial charge in [-0.15, -0.1) is 0 Å². The van der Waals surface area contributed by atoms with Crippen LogP contribution in [0, 0.1) is 6.92 Å². The Morgan fingerprint density at radius 3 is 2.35 bits per heavy atom. The highest BCUT2D eigenvalue weighted by molar-refractivity contribution is 5.67. The zero-order chi connectivity index (χ0) is 14.7. The lowest BCUT2D eigenvalue weighted by Crippen LogP contribution is -2.18. The molecule has 0 aliphatic heterocycles. The second kappa shape index (κ2) is 5.88. The van der Waals surface area contributed by atoms with Gasteiger partial charge in [-0.25, -0.2) is 15.8 Å². The van der Waals surface area contributed by atoms with Crippen LogP contribution in [-0.2, 0) is 0 Å². The molecule has 1 aromatic heterocycles. The summed E-state index contributed by atoms with van der Waals surface area (Å²) in [7, 11) is 2.00. The van der Waals surface area contributed by atoms with Gasteiger partial charge in [-0.1, -0.05) is 31.5 Å². The SMILES string of the molecule is Cc1ccc(N(C)c2ncnc(NN)c2C(C)C)cc1. The Morgan fingerprint density at radius 2 is 1.80 bits per heavy atom. The second-order valence-corrected chi connectivity index (χ2v) is 5.15. The molecule has 0 amide bonds. The number of benzene rings is 1. The Labute approximate surface area is 119 Å². The molecule has 0 atom stereocenters. The molecule has 5 nitrogen and oxygen atoms in total. The summed E-state index contributed by atoms with van der Waals surface area (Å²) in [5, 5.41) is 0. The summed E-state index contributed by atoms with van der Waals surface area (Å²) in [6, 6.07) is 8.34. The van der Waals surface area contributed by atoms with Gasteiger partial charge in [0.25, 0.3) is 0 Å². The summed E-state index contributed by atoms with van der Waals surface area (Å²) in [6.07, 6.45) is 1.53. The number of aryl methyl sites for hydroxylation is 1. The normalized spacial score (nSPS) is 10.7.